The number of fused-ring (bicyclic) bond motifs is 1. The van der Waals surface area contributed by atoms with Crippen molar-refractivity contribution in [2.75, 3.05) is 0 Å². The molecule has 0 spiro atoms. The van der Waals surface area contributed by atoms with Crippen molar-refractivity contribution in [2.24, 2.45) is 0 Å². The number of carbonyl (C=O) groups is 1. The van der Waals surface area contributed by atoms with E-state index in [2.05, 4.69) is 35.8 Å². The summed E-state index contributed by atoms with van der Waals surface area (Å²) in [5.41, 5.74) is 4.22. The highest BCUT2D eigenvalue weighted by atomic mass is 16.1. The molecule has 3 heterocycles. The van der Waals surface area contributed by atoms with E-state index in [1.165, 1.54) is 0 Å². The first kappa shape index (κ1) is 18.6. The molecule has 0 radical (unpaired) electrons. The summed E-state index contributed by atoms with van der Waals surface area (Å²) in [5, 5.41) is 20.4. The normalized spacial score (nSPS) is 11.1. The van der Waals surface area contributed by atoms with Gasteiger partial charge in [-0.1, -0.05) is 48.5 Å². The lowest BCUT2D eigenvalue weighted by molar-refractivity contribution is 0.111. The molecule has 0 saturated heterocycles. The summed E-state index contributed by atoms with van der Waals surface area (Å²) < 4.78 is 1.78. The van der Waals surface area contributed by atoms with Gasteiger partial charge in [-0.05, 0) is 28.8 Å². The fourth-order valence-electron chi connectivity index (χ4n) is 3.64. The molecule has 0 atom stereocenters. The second-order valence-corrected chi connectivity index (χ2v) is 6.98. The molecule has 0 saturated carbocycles. The van der Waals surface area contributed by atoms with Gasteiger partial charge in [-0.3, -0.25) is 9.59 Å². The van der Waals surface area contributed by atoms with Crippen LogP contribution in [0.2, 0.25) is 0 Å². The molecule has 5 aromatic rings. The lowest BCUT2D eigenvalue weighted by Gasteiger charge is -2.10. The molecule has 2 N–H and O–H groups in total. The van der Waals surface area contributed by atoms with Gasteiger partial charge in [0.2, 0.25) is 5.82 Å². The summed E-state index contributed by atoms with van der Waals surface area (Å²) >= 11 is 0. The van der Waals surface area contributed by atoms with Crippen molar-refractivity contribution in [3.05, 3.63) is 76.0 Å². The lowest BCUT2D eigenvalue weighted by atomic mass is 9.98. The minimum atomic E-state index is -0.383. The third kappa shape index (κ3) is 3.19. The Labute approximate surface area is 175 Å². The Morgan fingerprint density at radius 1 is 1.03 bits per heavy atom. The molecule has 10 nitrogen and oxygen atoms in total. The molecule has 0 aliphatic carbocycles. The van der Waals surface area contributed by atoms with E-state index >= 15 is 0 Å². The SMILES string of the molecule is Cc1nc2c(C=O)n[nH]c(=O)c2n1Cc1ccc(-c2ccccc2-c2nn[nH]n2)cc1. The predicted octanol–water partition coefficient (Wildman–Crippen LogP) is 2.14. The minimum Gasteiger partial charge on any atom is -0.319 e. The van der Waals surface area contributed by atoms with E-state index in [4.69, 9.17) is 0 Å². The number of tetrazole rings is 1. The first-order valence-corrected chi connectivity index (χ1v) is 9.48. The van der Waals surface area contributed by atoms with E-state index in [0.717, 1.165) is 22.3 Å². The molecule has 5 rings (SSSR count). The Morgan fingerprint density at radius 2 is 1.81 bits per heavy atom. The first-order valence-electron chi connectivity index (χ1n) is 9.48. The van der Waals surface area contributed by atoms with Crippen LogP contribution in [0.3, 0.4) is 0 Å². The zero-order valence-corrected chi connectivity index (χ0v) is 16.4. The van der Waals surface area contributed by atoms with Crippen molar-refractivity contribution in [1.82, 2.24) is 40.4 Å². The number of hydrogen-bond donors (Lipinski definition) is 2. The molecular formula is C21H16N8O2. The average Bonchev–Trinajstić information content (AvgIpc) is 3.44. The number of nitrogens with one attached hydrogen (secondary N) is 2. The van der Waals surface area contributed by atoms with E-state index in [-0.39, 0.29) is 11.3 Å². The summed E-state index contributed by atoms with van der Waals surface area (Å²) in [6.07, 6.45) is 0.588. The zero-order valence-electron chi connectivity index (χ0n) is 16.4. The van der Waals surface area contributed by atoms with E-state index in [0.29, 0.717) is 35.5 Å². The summed E-state index contributed by atoms with van der Waals surface area (Å²) in [7, 11) is 0. The molecule has 0 bridgehead atoms. The molecular weight excluding hydrogens is 396 g/mol. The maximum absolute atomic E-state index is 12.3. The molecule has 0 aliphatic heterocycles. The monoisotopic (exact) mass is 412 g/mol. The van der Waals surface area contributed by atoms with Crippen LogP contribution in [0.1, 0.15) is 21.9 Å². The molecule has 0 fully saturated rings. The number of nitrogens with zero attached hydrogens (tertiary/aromatic N) is 6. The number of benzene rings is 2. The molecule has 31 heavy (non-hydrogen) atoms. The topological polar surface area (TPSA) is 135 Å². The van der Waals surface area contributed by atoms with E-state index in [9.17, 15) is 9.59 Å². The van der Waals surface area contributed by atoms with E-state index in [1.807, 2.05) is 48.5 Å². The Morgan fingerprint density at radius 3 is 2.52 bits per heavy atom. The van der Waals surface area contributed by atoms with E-state index in [1.54, 1.807) is 11.5 Å². The van der Waals surface area contributed by atoms with Crippen LogP contribution >= 0.6 is 0 Å². The van der Waals surface area contributed by atoms with Crippen LogP contribution in [0.15, 0.2) is 53.3 Å². The minimum absolute atomic E-state index is 0.116. The molecule has 2 aromatic carbocycles. The largest absolute Gasteiger partial charge is 0.319 e. The number of aryl methyl sites for hydroxylation is 1. The van der Waals surface area contributed by atoms with Crippen molar-refractivity contribution < 1.29 is 4.79 Å². The lowest BCUT2D eigenvalue weighted by Crippen LogP contribution is -2.15. The molecule has 10 heteroatoms. The summed E-state index contributed by atoms with van der Waals surface area (Å²) in [6, 6.07) is 15.8. The Hall–Kier alpha value is -4.47. The third-order valence-electron chi connectivity index (χ3n) is 5.12. The fraction of sp³-hybridized carbons (Fsp3) is 0.0952. The maximum atomic E-state index is 12.3. The van der Waals surface area contributed by atoms with Gasteiger partial charge in [-0.2, -0.15) is 10.3 Å². The average molecular weight is 412 g/mol. The Balaban J connectivity index is 1.52. The third-order valence-corrected chi connectivity index (χ3v) is 5.12. The van der Waals surface area contributed by atoms with Crippen molar-refractivity contribution in [3.63, 3.8) is 0 Å². The van der Waals surface area contributed by atoms with E-state index < -0.39 is 0 Å². The smallest absolute Gasteiger partial charge is 0.290 e. The van der Waals surface area contributed by atoms with Crippen molar-refractivity contribution in [3.8, 4) is 22.5 Å². The zero-order chi connectivity index (χ0) is 21.4. The van der Waals surface area contributed by atoms with Gasteiger partial charge in [0, 0.05) is 12.1 Å². The number of H-pyrrole nitrogens is 2. The van der Waals surface area contributed by atoms with Crippen LogP contribution in [0.5, 0.6) is 0 Å². The quantitative estimate of drug-likeness (QED) is 0.422. The van der Waals surface area contributed by atoms with Crippen LogP contribution in [0, 0.1) is 6.92 Å². The number of carbonyl (C=O) groups excluding carboxylic acids is 1. The standard InChI is InChI=1S/C21H16N8O2/c1-12-22-18-17(11-30)23-26-21(31)19(18)29(12)10-13-6-8-14(9-7-13)15-4-2-3-5-16(15)20-24-27-28-25-20/h2-9,11H,10H2,1H3,(H,26,31)(H,24,25,27,28). The predicted molar refractivity (Wildman–Crippen MR) is 112 cm³/mol. The second kappa shape index (κ2) is 7.41. The van der Waals surface area contributed by atoms with Crippen LogP contribution in [0.25, 0.3) is 33.5 Å². The number of rotatable bonds is 5. The van der Waals surface area contributed by atoms with Crippen LogP contribution < -0.4 is 5.56 Å². The summed E-state index contributed by atoms with van der Waals surface area (Å²) in [6.45, 7) is 2.23. The van der Waals surface area contributed by atoms with Crippen molar-refractivity contribution in [1.29, 1.82) is 0 Å². The maximum Gasteiger partial charge on any atom is 0.290 e. The molecule has 0 aliphatic rings. The van der Waals surface area contributed by atoms with Gasteiger partial charge >= 0.3 is 0 Å². The highest BCUT2D eigenvalue weighted by Gasteiger charge is 2.16. The Kier molecular flexibility index (Phi) is 4.43. The van der Waals surface area contributed by atoms with Gasteiger partial charge in [0.15, 0.2) is 12.0 Å². The van der Waals surface area contributed by atoms with Gasteiger partial charge in [-0.25, -0.2) is 10.1 Å². The number of hydrogen-bond acceptors (Lipinski definition) is 7. The van der Waals surface area contributed by atoms with Gasteiger partial charge in [0.25, 0.3) is 5.56 Å². The highest BCUT2D eigenvalue weighted by molar-refractivity contribution is 5.91. The van der Waals surface area contributed by atoms with Gasteiger partial charge in [-0.15, -0.1) is 10.2 Å². The molecule has 152 valence electrons. The van der Waals surface area contributed by atoms with Crippen LogP contribution in [-0.2, 0) is 6.54 Å². The number of aromatic amines is 2. The first-order chi connectivity index (χ1) is 15.2. The number of imidazole rings is 1. The summed E-state index contributed by atoms with van der Waals surface area (Å²) in [5.74, 6) is 1.15. The van der Waals surface area contributed by atoms with Crippen molar-refractivity contribution in [2.45, 2.75) is 13.5 Å². The molecule has 0 unspecified atom stereocenters. The van der Waals surface area contributed by atoms with Crippen molar-refractivity contribution >= 4 is 17.3 Å². The fourth-order valence-corrected chi connectivity index (χ4v) is 3.64. The number of aldehydes is 1. The second-order valence-electron chi connectivity index (χ2n) is 6.98. The number of aromatic nitrogens is 8. The molecule has 0 amide bonds. The Bertz CT molecular complexity index is 1450. The van der Waals surface area contributed by atoms with Crippen LogP contribution in [-0.4, -0.2) is 46.7 Å². The highest BCUT2D eigenvalue weighted by Crippen LogP contribution is 2.30. The summed E-state index contributed by atoms with van der Waals surface area (Å²) in [4.78, 5) is 28.0. The van der Waals surface area contributed by atoms with Gasteiger partial charge < -0.3 is 4.57 Å². The van der Waals surface area contributed by atoms with Crippen LogP contribution in [0.4, 0.5) is 0 Å². The van der Waals surface area contributed by atoms with Gasteiger partial charge in [0.05, 0.1) is 0 Å². The van der Waals surface area contributed by atoms with Gasteiger partial charge in [0.1, 0.15) is 16.9 Å². The molecule has 3 aromatic heterocycles.